The van der Waals surface area contributed by atoms with E-state index in [0.29, 0.717) is 37.4 Å². The van der Waals surface area contributed by atoms with E-state index >= 15 is 0 Å². The number of ketones is 1. The van der Waals surface area contributed by atoms with Crippen LogP contribution in [0.25, 0.3) is 0 Å². The average molecular weight is 430 g/mol. The van der Waals surface area contributed by atoms with Crippen molar-refractivity contribution >= 4 is 23.1 Å². The molecule has 4 rings (SSSR count). The number of para-hydroxylation sites is 2. The van der Waals surface area contributed by atoms with Crippen LogP contribution < -0.4 is 10.2 Å². The molecule has 6 heteroatoms. The van der Waals surface area contributed by atoms with Crippen molar-refractivity contribution in [1.82, 2.24) is 4.90 Å². The summed E-state index contributed by atoms with van der Waals surface area (Å²) in [6, 6.07) is 23.6. The van der Waals surface area contributed by atoms with Crippen LogP contribution in [0.1, 0.15) is 28.9 Å². The highest BCUT2D eigenvalue weighted by molar-refractivity contribution is 5.98. The molecule has 6 nitrogen and oxygen atoms in total. The molecule has 1 aliphatic heterocycles. The lowest BCUT2D eigenvalue weighted by Gasteiger charge is -2.39. The van der Waals surface area contributed by atoms with Gasteiger partial charge in [-0.15, -0.1) is 0 Å². The zero-order valence-electron chi connectivity index (χ0n) is 18.1. The first kappa shape index (κ1) is 21.6. The van der Waals surface area contributed by atoms with Crippen LogP contribution in [0.4, 0.5) is 11.4 Å². The second kappa shape index (κ2) is 9.66. The smallest absolute Gasteiger partial charge is 0.246 e. The van der Waals surface area contributed by atoms with Gasteiger partial charge in [0.1, 0.15) is 11.8 Å². The number of anilines is 2. The first-order valence-electron chi connectivity index (χ1n) is 10.8. The van der Waals surface area contributed by atoms with E-state index < -0.39 is 6.04 Å². The number of rotatable bonds is 6. The Hall–Kier alpha value is -3.64. The SMILES string of the molecule is CC(=O)c1cccc(NC(=O)C(c2ccccc2)N2CCN(c3ccccc3O)CC2)c1. The molecule has 0 radical (unpaired) electrons. The molecule has 1 saturated heterocycles. The number of piperazine rings is 1. The van der Waals surface area contributed by atoms with E-state index in [-0.39, 0.29) is 17.4 Å². The minimum absolute atomic E-state index is 0.0407. The Bertz CT molecular complexity index is 1090. The number of nitrogens with zero attached hydrogens (tertiary/aromatic N) is 2. The summed E-state index contributed by atoms with van der Waals surface area (Å²) < 4.78 is 0. The fraction of sp³-hybridized carbons (Fsp3) is 0.231. The summed E-state index contributed by atoms with van der Waals surface area (Å²) in [7, 11) is 0. The Morgan fingerprint density at radius 2 is 1.56 bits per heavy atom. The molecule has 0 spiro atoms. The lowest BCUT2D eigenvalue weighted by molar-refractivity contribution is -0.121. The van der Waals surface area contributed by atoms with Gasteiger partial charge in [-0.25, -0.2) is 0 Å². The number of carbonyl (C=O) groups is 2. The topological polar surface area (TPSA) is 72.9 Å². The second-order valence-corrected chi connectivity index (χ2v) is 7.95. The molecule has 0 aliphatic carbocycles. The molecule has 3 aromatic carbocycles. The fourth-order valence-corrected chi connectivity index (χ4v) is 4.14. The zero-order valence-corrected chi connectivity index (χ0v) is 18.1. The summed E-state index contributed by atoms with van der Waals surface area (Å²) >= 11 is 0. The largest absolute Gasteiger partial charge is 0.506 e. The number of benzene rings is 3. The van der Waals surface area contributed by atoms with Crippen LogP contribution >= 0.6 is 0 Å². The van der Waals surface area contributed by atoms with Gasteiger partial charge in [0, 0.05) is 37.4 Å². The van der Waals surface area contributed by atoms with E-state index in [4.69, 9.17) is 0 Å². The number of phenolic OH excluding ortho intramolecular Hbond substituents is 1. The predicted molar refractivity (Wildman–Crippen MR) is 126 cm³/mol. The average Bonchev–Trinajstić information content (AvgIpc) is 2.81. The number of amides is 1. The normalized spacial score (nSPS) is 15.2. The van der Waals surface area contributed by atoms with E-state index in [9.17, 15) is 14.7 Å². The van der Waals surface area contributed by atoms with Crippen molar-refractivity contribution in [2.75, 3.05) is 36.4 Å². The molecule has 0 saturated carbocycles. The number of hydrogen-bond acceptors (Lipinski definition) is 5. The van der Waals surface area contributed by atoms with Gasteiger partial charge in [0.25, 0.3) is 0 Å². The van der Waals surface area contributed by atoms with E-state index in [1.54, 1.807) is 30.3 Å². The maximum Gasteiger partial charge on any atom is 0.246 e. The molecule has 3 aromatic rings. The van der Waals surface area contributed by atoms with Gasteiger partial charge in [-0.3, -0.25) is 14.5 Å². The van der Waals surface area contributed by atoms with Crippen LogP contribution in [0.15, 0.2) is 78.9 Å². The van der Waals surface area contributed by atoms with Crippen molar-refractivity contribution < 1.29 is 14.7 Å². The van der Waals surface area contributed by atoms with Crippen LogP contribution in [0.3, 0.4) is 0 Å². The van der Waals surface area contributed by atoms with Gasteiger partial charge >= 0.3 is 0 Å². The maximum absolute atomic E-state index is 13.4. The summed E-state index contributed by atoms with van der Waals surface area (Å²) in [4.78, 5) is 29.4. The maximum atomic E-state index is 13.4. The van der Waals surface area contributed by atoms with Gasteiger partial charge in [0.05, 0.1) is 5.69 Å². The molecule has 0 aromatic heterocycles. The molecule has 2 N–H and O–H groups in total. The number of Topliss-reactive ketones (excluding diaryl/α,β-unsaturated/α-hetero) is 1. The summed E-state index contributed by atoms with van der Waals surface area (Å²) in [5, 5.41) is 13.2. The molecule has 32 heavy (non-hydrogen) atoms. The Morgan fingerprint density at radius 3 is 2.25 bits per heavy atom. The van der Waals surface area contributed by atoms with Crippen LogP contribution in [0, 0.1) is 0 Å². The summed E-state index contributed by atoms with van der Waals surface area (Å²) in [5.74, 6) is 0.0950. The van der Waals surface area contributed by atoms with Crippen molar-refractivity contribution in [3.8, 4) is 5.75 Å². The molecular weight excluding hydrogens is 402 g/mol. The van der Waals surface area contributed by atoms with Gasteiger partial charge < -0.3 is 15.3 Å². The molecule has 1 aliphatic rings. The van der Waals surface area contributed by atoms with Gasteiger partial charge in [0.15, 0.2) is 5.78 Å². The molecule has 1 fully saturated rings. The van der Waals surface area contributed by atoms with Crippen LogP contribution in [-0.4, -0.2) is 47.9 Å². The summed E-state index contributed by atoms with van der Waals surface area (Å²) in [5.41, 5.74) is 2.91. The number of aromatic hydroxyl groups is 1. The zero-order chi connectivity index (χ0) is 22.5. The number of nitrogens with one attached hydrogen (secondary N) is 1. The Morgan fingerprint density at radius 1 is 0.875 bits per heavy atom. The molecule has 1 heterocycles. The third-order valence-corrected chi connectivity index (χ3v) is 5.80. The monoisotopic (exact) mass is 429 g/mol. The van der Waals surface area contributed by atoms with Crippen molar-refractivity contribution in [3.63, 3.8) is 0 Å². The Kier molecular flexibility index (Phi) is 6.52. The highest BCUT2D eigenvalue weighted by Gasteiger charge is 2.31. The van der Waals surface area contributed by atoms with Gasteiger partial charge in [-0.05, 0) is 36.8 Å². The van der Waals surface area contributed by atoms with Crippen LogP contribution in [0.2, 0.25) is 0 Å². The van der Waals surface area contributed by atoms with Crippen molar-refractivity contribution in [3.05, 3.63) is 90.0 Å². The van der Waals surface area contributed by atoms with Crippen molar-refractivity contribution in [2.45, 2.75) is 13.0 Å². The van der Waals surface area contributed by atoms with Gasteiger partial charge in [-0.1, -0.05) is 54.6 Å². The highest BCUT2D eigenvalue weighted by Crippen LogP contribution is 2.30. The third kappa shape index (κ3) is 4.81. The molecule has 164 valence electrons. The van der Waals surface area contributed by atoms with E-state index in [1.165, 1.54) is 6.92 Å². The Balaban J connectivity index is 1.53. The molecule has 0 bridgehead atoms. The predicted octanol–water partition coefficient (Wildman–Crippen LogP) is 4.10. The van der Waals surface area contributed by atoms with E-state index in [2.05, 4.69) is 15.1 Å². The molecular formula is C26H27N3O3. The van der Waals surface area contributed by atoms with Crippen LogP contribution in [-0.2, 0) is 4.79 Å². The number of carbonyl (C=O) groups excluding carboxylic acids is 2. The van der Waals surface area contributed by atoms with Crippen molar-refractivity contribution in [1.29, 1.82) is 0 Å². The highest BCUT2D eigenvalue weighted by atomic mass is 16.3. The first-order valence-corrected chi connectivity index (χ1v) is 10.8. The van der Waals surface area contributed by atoms with E-state index in [0.717, 1.165) is 11.3 Å². The minimum atomic E-state index is -0.455. The quantitative estimate of drug-likeness (QED) is 0.578. The van der Waals surface area contributed by atoms with Gasteiger partial charge in [0.2, 0.25) is 5.91 Å². The first-order chi connectivity index (χ1) is 15.5. The van der Waals surface area contributed by atoms with Crippen molar-refractivity contribution in [2.24, 2.45) is 0 Å². The fourth-order valence-electron chi connectivity index (χ4n) is 4.14. The van der Waals surface area contributed by atoms with Crippen LogP contribution in [0.5, 0.6) is 5.75 Å². The molecule has 1 atom stereocenters. The number of phenols is 1. The minimum Gasteiger partial charge on any atom is -0.506 e. The lowest BCUT2D eigenvalue weighted by atomic mass is 10.0. The second-order valence-electron chi connectivity index (χ2n) is 7.95. The summed E-state index contributed by atoms with van der Waals surface area (Å²) in [6.07, 6.45) is 0. The molecule has 1 amide bonds. The number of hydrogen-bond donors (Lipinski definition) is 2. The Labute approximate surface area is 188 Å². The van der Waals surface area contributed by atoms with E-state index in [1.807, 2.05) is 48.5 Å². The third-order valence-electron chi connectivity index (χ3n) is 5.80. The van der Waals surface area contributed by atoms with Gasteiger partial charge in [-0.2, -0.15) is 0 Å². The lowest BCUT2D eigenvalue weighted by Crippen LogP contribution is -2.50. The standard InChI is InChI=1S/C26H27N3O3/c1-19(30)21-10-7-11-22(18-21)27-26(32)25(20-8-3-2-4-9-20)29-16-14-28(15-17-29)23-12-5-6-13-24(23)31/h2-13,18,25,31H,14-17H2,1H3,(H,27,32). The molecule has 1 unspecified atom stereocenters. The summed E-state index contributed by atoms with van der Waals surface area (Å²) in [6.45, 7) is 4.27.